The summed E-state index contributed by atoms with van der Waals surface area (Å²) in [5.41, 5.74) is 0. The fraction of sp³-hybridized carbons (Fsp3) is 0.943. The minimum absolute atomic E-state index is 0.337. The molecule has 4 nitrogen and oxygen atoms in total. The van der Waals surface area contributed by atoms with Gasteiger partial charge in [0.15, 0.2) is 0 Å². The highest BCUT2D eigenvalue weighted by Crippen LogP contribution is 2.19. The highest BCUT2D eigenvalue weighted by Gasteiger charge is 2.03. The third-order valence-corrected chi connectivity index (χ3v) is 8.43. The van der Waals surface area contributed by atoms with E-state index in [2.05, 4.69) is 6.92 Å². The van der Waals surface area contributed by atoms with E-state index in [1.54, 1.807) is 0 Å². The van der Waals surface area contributed by atoms with Crippen LogP contribution in [0.5, 0.6) is 0 Å². The van der Waals surface area contributed by atoms with Crippen LogP contribution in [0, 0.1) is 5.92 Å². The number of hydrogen-bond donors (Lipinski definition) is 2. The molecule has 0 aromatic rings. The van der Waals surface area contributed by atoms with Crippen LogP contribution in [-0.2, 0) is 9.59 Å². The number of unbranched alkanes of at least 4 members (excludes halogenated alkanes) is 25. The van der Waals surface area contributed by atoms with Crippen LogP contribution in [0.25, 0.3) is 0 Å². The van der Waals surface area contributed by atoms with Crippen LogP contribution >= 0.6 is 0 Å². The van der Waals surface area contributed by atoms with Crippen LogP contribution < -0.4 is 0 Å². The van der Waals surface area contributed by atoms with E-state index in [0.29, 0.717) is 12.8 Å². The first-order valence-corrected chi connectivity index (χ1v) is 17.5. The van der Waals surface area contributed by atoms with Crippen molar-refractivity contribution in [3.05, 3.63) is 0 Å². The van der Waals surface area contributed by atoms with Crippen LogP contribution in [0.1, 0.15) is 206 Å². The van der Waals surface area contributed by atoms with E-state index in [0.717, 1.165) is 31.6 Å². The lowest BCUT2D eigenvalue weighted by Gasteiger charge is -2.11. The van der Waals surface area contributed by atoms with Gasteiger partial charge in [0.2, 0.25) is 0 Å². The van der Waals surface area contributed by atoms with Crippen molar-refractivity contribution in [2.24, 2.45) is 5.92 Å². The molecular formula is C35H68O4. The zero-order valence-electron chi connectivity index (χ0n) is 26.2. The van der Waals surface area contributed by atoms with Crippen molar-refractivity contribution < 1.29 is 19.8 Å². The first-order chi connectivity index (χ1) is 19.0. The van der Waals surface area contributed by atoms with E-state index in [-0.39, 0.29) is 0 Å². The van der Waals surface area contributed by atoms with Crippen molar-refractivity contribution in [2.45, 2.75) is 206 Å². The van der Waals surface area contributed by atoms with Gasteiger partial charge in [0.25, 0.3) is 0 Å². The second-order valence-electron chi connectivity index (χ2n) is 12.5. The van der Waals surface area contributed by atoms with E-state index in [9.17, 15) is 9.59 Å². The van der Waals surface area contributed by atoms with Gasteiger partial charge in [-0.05, 0) is 18.8 Å². The van der Waals surface area contributed by atoms with Crippen molar-refractivity contribution in [1.82, 2.24) is 0 Å². The SMILES string of the molecule is CC(CCCCCCCCCCCCCCCCC(=O)O)CCCCCCCCCCCCCCCC(=O)O. The predicted octanol–water partition coefficient (Wildman–Crippen LogP) is 11.9. The molecule has 0 fully saturated rings. The molecule has 0 amide bonds. The Bertz CT molecular complexity index is 519. The highest BCUT2D eigenvalue weighted by atomic mass is 16.4. The molecule has 0 rings (SSSR count). The number of aliphatic carboxylic acids is 2. The van der Waals surface area contributed by atoms with Crippen LogP contribution in [0.15, 0.2) is 0 Å². The summed E-state index contributed by atoms with van der Waals surface area (Å²) in [6, 6.07) is 0. The number of carboxylic acids is 2. The number of carbonyl (C=O) groups is 2. The smallest absolute Gasteiger partial charge is 0.303 e. The minimum atomic E-state index is -0.656. The molecule has 0 aromatic carbocycles. The maximum Gasteiger partial charge on any atom is 0.303 e. The minimum Gasteiger partial charge on any atom is -0.481 e. The van der Waals surface area contributed by atoms with Gasteiger partial charge in [-0.2, -0.15) is 0 Å². The second-order valence-corrected chi connectivity index (χ2v) is 12.5. The largest absolute Gasteiger partial charge is 0.481 e. The molecule has 0 radical (unpaired) electrons. The first-order valence-electron chi connectivity index (χ1n) is 17.5. The average Bonchev–Trinajstić information content (AvgIpc) is 2.90. The Hall–Kier alpha value is -1.06. The van der Waals surface area contributed by atoms with Crippen LogP contribution in [-0.4, -0.2) is 22.2 Å². The van der Waals surface area contributed by atoms with Gasteiger partial charge in [-0.15, -0.1) is 0 Å². The fourth-order valence-corrected chi connectivity index (χ4v) is 5.75. The second kappa shape index (κ2) is 31.5. The van der Waals surface area contributed by atoms with Crippen molar-refractivity contribution in [3.8, 4) is 0 Å². The van der Waals surface area contributed by atoms with Gasteiger partial charge in [0.05, 0.1) is 0 Å². The lowest BCUT2D eigenvalue weighted by atomic mass is 9.95. The maximum atomic E-state index is 10.5. The van der Waals surface area contributed by atoms with Gasteiger partial charge < -0.3 is 10.2 Å². The summed E-state index contributed by atoms with van der Waals surface area (Å²) in [7, 11) is 0. The molecule has 0 saturated heterocycles. The van der Waals surface area contributed by atoms with Gasteiger partial charge in [0, 0.05) is 12.8 Å². The molecule has 39 heavy (non-hydrogen) atoms. The van der Waals surface area contributed by atoms with Crippen LogP contribution in [0.2, 0.25) is 0 Å². The van der Waals surface area contributed by atoms with Gasteiger partial charge in [-0.25, -0.2) is 0 Å². The van der Waals surface area contributed by atoms with Gasteiger partial charge in [-0.3, -0.25) is 9.59 Å². The first kappa shape index (κ1) is 37.9. The molecule has 0 saturated carbocycles. The van der Waals surface area contributed by atoms with E-state index in [1.807, 2.05) is 0 Å². The summed E-state index contributed by atoms with van der Waals surface area (Å²) in [4.78, 5) is 21.0. The Morgan fingerprint density at radius 3 is 0.744 bits per heavy atom. The lowest BCUT2D eigenvalue weighted by Crippen LogP contribution is -1.95. The van der Waals surface area contributed by atoms with E-state index >= 15 is 0 Å². The summed E-state index contributed by atoms with van der Waals surface area (Å²) in [6.07, 6.45) is 38.9. The molecule has 0 aromatic heterocycles. The van der Waals surface area contributed by atoms with E-state index < -0.39 is 11.9 Å². The van der Waals surface area contributed by atoms with Crippen molar-refractivity contribution in [1.29, 1.82) is 0 Å². The molecule has 1 atom stereocenters. The highest BCUT2D eigenvalue weighted by molar-refractivity contribution is 5.66. The Morgan fingerprint density at radius 2 is 0.538 bits per heavy atom. The molecule has 0 aliphatic carbocycles. The zero-order chi connectivity index (χ0) is 28.7. The molecule has 1 unspecified atom stereocenters. The summed E-state index contributed by atoms with van der Waals surface area (Å²) in [5, 5.41) is 17.3. The number of hydrogen-bond acceptors (Lipinski definition) is 2. The Labute approximate surface area is 243 Å². The molecule has 0 bridgehead atoms. The normalized spacial score (nSPS) is 12.1. The van der Waals surface area contributed by atoms with Gasteiger partial charge in [0.1, 0.15) is 0 Å². The molecule has 0 spiro atoms. The standard InChI is InChI=1S/C35H68O4/c1-33(30-26-22-18-14-10-6-4-8-12-16-20-24-28-32-35(38)39)29-25-21-17-13-9-5-2-3-7-11-15-19-23-27-31-34(36)37/h33H,2-32H2,1H3,(H,36,37)(H,38,39). The van der Waals surface area contributed by atoms with Gasteiger partial charge in [-0.1, -0.05) is 180 Å². The molecule has 0 aliphatic heterocycles. The Morgan fingerprint density at radius 1 is 0.359 bits per heavy atom. The lowest BCUT2D eigenvalue weighted by molar-refractivity contribution is -0.138. The zero-order valence-corrected chi connectivity index (χ0v) is 26.2. The summed E-state index contributed by atoms with van der Waals surface area (Å²) in [5.74, 6) is -0.403. The van der Waals surface area contributed by atoms with Crippen molar-refractivity contribution in [2.75, 3.05) is 0 Å². The molecule has 4 heteroatoms. The predicted molar refractivity (Wildman–Crippen MR) is 168 cm³/mol. The van der Waals surface area contributed by atoms with Crippen molar-refractivity contribution in [3.63, 3.8) is 0 Å². The number of carboxylic acid groups (broad SMARTS) is 2. The molecule has 0 aliphatic rings. The molecule has 2 N–H and O–H groups in total. The summed E-state index contributed by atoms with van der Waals surface area (Å²) < 4.78 is 0. The molecule has 232 valence electrons. The monoisotopic (exact) mass is 553 g/mol. The van der Waals surface area contributed by atoms with Gasteiger partial charge >= 0.3 is 11.9 Å². The average molecular weight is 553 g/mol. The summed E-state index contributed by atoms with van der Waals surface area (Å²) >= 11 is 0. The Kier molecular flexibility index (Phi) is 30.6. The van der Waals surface area contributed by atoms with E-state index in [4.69, 9.17) is 10.2 Å². The number of rotatable bonds is 33. The topological polar surface area (TPSA) is 74.6 Å². The summed E-state index contributed by atoms with van der Waals surface area (Å²) in [6.45, 7) is 2.46. The fourth-order valence-electron chi connectivity index (χ4n) is 5.75. The van der Waals surface area contributed by atoms with E-state index in [1.165, 1.54) is 161 Å². The third-order valence-electron chi connectivity index (χ3n) is 8.43. The molecule has 0 heterocycles. The molecular weight excluding hydrogens is 484 g/mol. The third kappa shape index (κ3) is 34.9. The van der Waals surface area contributed by atoms with Crippen LogP contribution in [0.4, 0.5) is 0 Å². The Balaban J connectivity index is 3.16. The quantitative estimate of drug-likeness (QED) is 0.0794. The van der Waals surface area contributed by atoms with Crippen molar-refractivity contribution >= 4 is 11.9 Å². The van der Waals surface area contributed by atoms with Crippen LogP contribution in [0.3, 0.4) is 0 Å². The maximum absolute atomic E-state index is 10.5.